The molecule has 1 aromatic rings. The van der Waals surface area contributed by atoms with E-state index in [4.69, 9.17) is 21.1 Å². The van der Waals surface area contributed by atoms with Crippen molar-refractivity contribution in [2.45, 2.75) is 31.2 Å². The van der Waals surface area contributed by atoms with Crippen LogP contribution in [0.5, 0.6) is 0 Å². The monoisotopic (exact) mass is 375 g/mol. The summed E-state index contributed by atoms with van der Waals surface area (Å²) in [7, 11) is -3.82. The topological polar surface area (TPSA) is 76.1 Å². The predicted octanol–water partition coefficient (Wildman–Crippen LogP) is 2.58. The first-order chi connectivity index (χ1) is 11.3. The first-order valence-electron chi connectivity index (χ1n) is 7.66. The highest BCUT2D eigenvalue weighted by atomic mass is 35.5. The van der Waals surface area contributed by atoms with Gasteiger partial charge in [0.2, 0.25) is 16.8 Å². The minimum atomic E-state index is -3.82. The largest absolute Gasteiger partial charge is 0.462 e. The average Bonchev–Trinajstić information content (AvgIpc) is 3.04. The fourth-order valence-electron chi connectivity index (χ4n) is 2.49. The van der Waals surface area contributed by atoms with Gasteiger partial charge in [-0.3, -0.25) is 0 Å². The molecule has 1 aliphatic heterocycles. The van der Waals surface area contributed by atoms with E-state index >= 15 is 0 Å². The molecular weight excluding hydrogens is 354 g/mol. The Balaban J connectivity index is 2.36. The SMILES string of the molecule is CC(C)CC(CO)N(CC1=COCO1)S(=O)(=O)c1ccc(Cl)cc1. The quantitative estimate of drug-likeness (QED) is 0.755. The molecule has 0 aliphatic carbocycles. The third kappa shape index (κ3) is 4.63. The van der Waals surface area contributed by atoms with Crippen LogP contribution in [0.4, 0.5) is 0 Å². The molecule has 24 heavy (non-hydrogen) atoms. The van der Waals surface area contributed by atoms with Gasteiger partial charge in [-0.05, 0) is 36.6 Å². The van der Waals surface area contributed by atoms with Crippen LogP contribution in [0.3, 0.4) is 0 Å². The van der Waals surface area contributed by atoms with Crippen molar-refractivity contribution in [3.05, 3.63) is 41.3 Å². The Morgan fingerprint density at radius 1 is 1.29 bits per heavy atom. The third-order valence-corrected chi connectivity index (χ3v) is 5.79. The minimum absolute atomic E-state index is 0.00288. The number of hydrogen-bond donors (Lipinski definition) is 1. The Morgan fingerprint density at radius 3 is 2.46 bits per heavy atom. The molecule has 0 saturated carbocycles. The van der Waals surface area contributed by atoms with Gasteiger partial charge in [-0.1, -0.05) is 25.4 Å². The van der Waals surface area contributed by atoms with Gasteiger partial charge < -0.3 is 14.6 Å². The third-order valence-electron chi connectivity index (χ3n) is 3.62. The molecule has 1 aromatic carbocycles. The molecule has 2 rings (SSSR count). The van der Waals surface area contributed by atoms with E-state index in [2.05, 4.69) is 0 Å². The highest BCUT2D eigenvalue weighted by molar-refractivity contribution is 7.89. The summed E-state index contributed by atoms with van der Waals surface area (Å²) in [5.74, 6) is 0.634. The lowest BCUT2D eigenvalue weighted by molar-refractivity contribution is 0.0723. The Labute approximate surface area is 147 Å². The Kier molecular flexibility index (Phi) is 6.51. The van der Waals surface area contributed by atoms with Crippen LogP contribution in [0, 0.1) is 5.92 Å². The molecule has 134 valence electrons. The van der Waals surface area contributed by atoms with Crippen LogP contribution in [0.1, 0.15) is 20.3 Å². The highest BCUT2D eigenvalue weighted by Crippen LogP contribution is 2.25. The van der Waals surface area contributed by atoms with E-state index in [9.17, 15) is 13.5 Å². The molecule has 1 aliphatic rings. The van der Waals surface area contributed by atoms with Crippen LogP contribution in [0.15, 0.2) is 41.2 Å². The number of benzene rings is 1. The predicted molar refractivity (Wildman–Crippen MR) is 90.8 cm³/mol. The van der Waals surface area contributed by atoms with Gasteiger partial charge in [0, 0.05) is 11.1 Å². The molecule has 0 bridgehead atoms. The maximum Gasteiger partial charge on any atom is 0.243 e. The van der Waals surface area contributed by atoms with Crippen LogP contribution in [0.2, 0.25) is 5.02 Å². The fraction of sp³-hybridized carbons (Fsp3) is 0.500. The first-order valence-corrected chi connectivity index (χ1v) is 9.48. The zero-order valence-corrected chi connectivity index (χ0v) is 15.3. The van der Waals surface area contributed by atoms with Gasteiger partial charge in [0.05, 0.1) is 18.0 Å². The lowest BCUT2D eigenvalue weighted by Crippen LogP contribution is -2.44. The number of nitrogens with zero attached hydrogens (tertiary/aromatic N) is 1. The van der Waals surface area contributed by atoms with E-state index in [0.29, 0.717) is 17.2 Å². The molecule has 6 nitrogen and oxygen atoms in total. The van der Waals surface area contributed by atoms with Crippen LogP contribution < -0.4 is 0 Å². The maximum absolute atomic E-state index is 13.1. The molecule has 1 N–H and O–H groups in total. The van der Waals surface area contributed by atoms with Gasteiger partial charge in [0.15, 0.2) is 5.76 Å². The first kappa shape index (κ1) is 19.1. The van der Waals surface area contributed by atoms with Gasteiger partial charge in [-0.15, -0.1) is 0 Å². The number of halogens is 1. The van der Waals surface area contributed by atoms with Crippen molar-refractivity contribution in [1.82, 2.24) is 4.31 Å². The lowest BCUT2D eigenvalue weighted by atomic mass is 10.0. The van der Waals surface area contributed by atoms with E-state index < -0.39 is 16.1 Å². The molecule has 0 saturated heterocycles. The summed E-state index contributed by atoms with van der Waals surface area (Å²) < 4.78 is 37.6. The number of aliphatic hydroxyl groups excluding tert-OH is 1. The van der Waals surface area contributed by atoms with Gasteiger partial charge in [-0.25, -0.2) is 8.42 Å². The van der Waals surface area contributed by atoms with E-state index in [-0.39, 0.29) is 30.8 Å². The Hall–Kier alpha value is -1.28. The number of aliphatic hydroxyl groups is 1. The van der Waals surface area contributed by atoms with Crippen LogP contribution in [0.25, 0.3) is 0 Å². The van der Waals surface area contributed by atoms with Crippen molar-refractivity contribution in [2.24, 2.45) is 5.92 Å². The molecule has 0 spiro atoms. The Bertz CT molecular complexity index is 672. The van der Waals surface area contributed by atoms with E-state index in [1.807, 2.05) is 13.8 Å². The number of hydrogen-bond acceptors (Lipinski definition) is 5. The molecule has 8 heteroatoms. The molecule has 1 heterocycles. The fourth-order valence-corrected chi connectivity index (χ4v) is 4.21. The average molecular weight is 376 g/mol. The lowest BCUT2D eigenvalue weighted by Gasteiger charge is -2.30. The van der Waals surface area contributed by atoms with Gasteiger partial charge in [0.1, 0.15) is 6.26 Å². The summed E-state index contributed by atoms with van der Waals surface area (Å²) in [4.78, 5) is 0.119. The standard InChI is InChI=1S/C16H22ClNO5S/c1-12(2)7-14(9-19)18(8-15-10-22-11-23-15)24(20,21)16-5-3-13(17)4-6-16/h3-6,10,12,14,19H,7-9,11H2,1-2H3. The zero-order chi connectivity index (χ0) is 17.7. The van der Waals surface area contributed by atoms with Crippen molar-refractivity contribution in [3.63, 3.8) is 0 Å². The second-order valence-electron chi connectivity index (χ2n) is 5.98. The van der Waals surface area contributed by atoms with Crippen molar-refractivity contribution in [1.29, 1.82) is 0 Å². The molecule has 0 amide bonds. The van der Waals surface area contributed by atoms with Gasteiger partial charge in [-0.2, -0.15) is 4.31 Å². The molecule has 1 atom stereocenters. The van der Waals surface area contributed by atoms with Crippen LogP contribution >= 0.6 is 11.6 Å². The summed E-state index contributed by atoms with van der Waals surface area (Å²) >= 11 is 5.84. The second-order valence-corrected chi connectivity index (χ2v) is 8.31. The summed E-state index contributed by atoms with van der Waals surface area (Å²) in [6.07, 6.45) is 1.92. The smallest absolute Gasteiger partial charge is 0.243 e. The van der Waals surface area contributed by atoms with Crippen molar-refractivity contribution in [3.8, 4) is 0 Å². The van der Waals surface area contributed by atoms with Gasteiger partial charge in [0.25, 0.3) is 0 Å². The summed E-state index contributed by atoms with van der Waals surface area (Å²) in [6.45, 7) is 3.74. The van der Waals surface area contributed by atoms with Crippen molar-refractivity contribution < 1.29 is 23.0 Å². The molecule has 0 aromatic heterocycles. The summed E-state index contributed by atoms with van der Waals surface area (Å²) in [6, 6.07) is 5.40. The Morgan fingerprint density at radius 2 is 1.96 bits per heavy atom. The van der Waals surface area contributed by atoms with E-state index in [1.165, 1.54) is 34.8 Å². The second kappa shape index (κ2) is 8.20. The van der Waals surface area contributed by atoms with E-state index in [0.717, 1.165) is 0 Å². The zero-order valence-electron chi connectivity index (χ0n) is 13.7. The molecule has 0 fully saturated rings. The number of rotatable bonds is 8. The van der Waals surface area contributed by atoms with Crippen LogP contribution in [-0.2, 0) is 19.5 Å². The van der Waals surface area contributed by atoms with E-state index in [1.54, 1.807) is 0 Å². The van der Waals surface area contributed by atoms with Crippen LogP contribution in [-0.4, -0.2) is 43.8 Å². The highest BCUT2D eigenvalue weighted by Gasteiger charge is 2.33. The molecule has 0 radical (unpaired) electrons. The number of sulfonamides is 1. The summed E-state index contributed by atoms with van der Waals surface area (Å²) in [5, 5.41) is 10.2. The molecule has 1 unspecified atom stereocenters. The minimum Gasteiger partial charge on any atom is -0.462 e. The molecular formula is C16H22ClNO5S. The van der Waals surface area contributed by atoms with Gasteiger partial charge >= 0.3 is 0 Å². The normalized spacial score (nSPS) is 16.0. The maximum atomic E-state index is 13.1. The number of ether oxygens (including phenoxy) is 2. The summed E-state index contributed by atoms with van der Waals surface area (Å²) in [5.41, 5.74) is 0. The van der Waals surface area contributed by atoms with Crippen molar-refractivity contribution >= 4 is 21.6 Å². The van der Waals surface area contributed by atoms with Crippen molar-refractivity contribution in [2.75, 3.05) is 19.9 Å².